The zero-order valence-corrected chi connectivity index (χ0v) is 17.6. The molecule has 0 atom stereocenters. The highest BCUT2D eigenvalue weighted by Crippen LogP contribution is 2.38. The van der Waals surface area contributed by atoms with E-state index in [-0.39, 0.29) is 12.2 Å². The second-order valence-electron chi connectivity index (χ2n) is 8.81. The second kappa shape index (κ2) is 7.71. The number of ether oxygens (including phenoxy) is 1. The Labute approximate surface area is 166 Å². The third kappa shape index (κ3) is 5.45. The van der Waals surface area contributed by atoms with Crippen LogP contribution in [0.3, 0.4) is 0 Å². The minimum absolute atomic E-state index is 0.0675. The lowest BCUT2D eigenvalue weighted by molar-refractivity contribution is 0.00578. The maximum absolute atomic E-state index is 13.4. The third-order valence-electron chi connectivity index (χ3n) is 4.63. The fourth-order valence-corrected chi connectivity index (χ4v) is 2.46. The fraction of sp³-hybridized carbons (Fsp3) is 0.579. The van der Waals surface area contributed by atoms with Gasteiger partial charge < -0.3 is 25.1 Å². The van der Waals surface area contributed by atoms with Crippen LogP contribution in [0.2, 0.25) is 0 Å². The van der Waals surface area contributed by atoms with E-state index >= 15 is 0 Å². The second-order valence-corrected chi connectivity index (χ2v) is 8.81. The van der Waals surface area contributed by atoms with Crippen molar-refractivity contribution in [1.29, 1.82) is 0 Å². The SMILES string of the molecule is CC(C)(C)OC(=O)NCC(=Cc1cnc(F)c(N)c1)B1OC(C)(C)C(C)(C)O1. The van der Waals surface area contributed by atoms with E-state index in [1.165, 1.54) is 12.3 Å². The van der Waals surface area contributed by atoms with E-state index in [4.69, 9.17) is 19.8 Å². The average Bonchev–Trinajstić information content (AvgIpc) is 2.73. The predicted molar refractivity (Wildman–Crippen MR) is 107 cm³/mol. The van der Waals surface area contributed by atoms with Gasteiger partial charge in [0.15, 0.2) is 0 Å². The van der Waals surface area contributed by atoms with Crippen LogP contribution in [0.1, 0.15) is 54.0 Å². The number of rotatable bonds is 4. The highest BCUT2D eigenvalue weighted by Gasteiger charge is 2.52. The van der Waals surface area contributed by atoms with Crippen LogP contribution in [-0.2, 0) is 14.0 Å². The molecular weight excluding hydrogens is 364 g/mol. The lowest BCUT2D eigenvalue weighted by Gasteiger charge is -2.32. The molecular formula is C19H29BFN3O4. The molecule has 1 amide bonds. The first kappa shape index (κ1) is 22.2. The summed E-state index contributed by atoms with van der Waals surface area (Å²) in [4.78, 5) is 15.7. The number of hydrogen-bond donors (Lipinski definition) is 2. The van der Waals surface area contributed by atoms with E-state index in [0.717, 1.165) is 0 Å². The standard InChI is InChI=1S/C19H29BFN3O4/c1-17(2,3)26-16(25)24-11-13(8-12-9-14(22)15(21)23-10-12)20-27-18(4,5)19(6,7)28-20/h8-10H,11,22H2,1-7H3,(H,24,25). The van der Waals surface area contributed by atoms with E-state index in [1.807, 2.05) is 27.7 Å². The van der Waals surface area contributed by atoms with Crippen molar-refractivity contribution in [3.8, 4) is 0 Å². The summed E-state index contributed by atoms with van der Waals surface area (Å²) in [6.45, 7) is 13.2. The number of anilines is 1. The first-order valence-corrected chi connectivity index (χ1v) is 9.14. The van der Waals surface area contributed by atoms with E-state index in [9.17, 15) is 9.18 Å². The molecule has 2 rings (SSSR count). The van der Waals surface area contributed by atoms with E-state index < -0.39 is 36.0 Å². The Bertz CT molecular complexity index is 759. The number of nitrogens with one attached hydrogen (secondary N) is 1. The number of amides is 1. The third-order valence-corrected chi connectivity index (χ3v) is 4.63. The Morgan fingerprint density at radius 2 is 1.89 bits per heavy atom. The smallest absolute Gasteiger partial charge is 0.444 e. The van der Waals surface area contributed by atoms with Gasteiger partial charge in [0.1, 0.15) is 5.60 Å². The van der Waals surface area contributed by atoms with Crippen LogP contribution in [0.4, 0.5) is 14.9 Å². The van der Waals surface area contributed by atoms with Crippen LogP contribution in [0.5, 0.6) is 0 Å². The summed E-state index contributed by atoms with van der Waals surface area (Å²) < 4.78 is 30.8. The molecule has 0 unspecified atom stereocenters. The van der Waals surface area contributed by atoms with Gasteiger partial charge in [-0.3, -0.25) is 0 Å². The fourth-order valence-electron chi connectivity index (χ4n) is 2.46. The Balaban J connectivity index is 2.27. The van der Waals surface area contributed by atoms with Crippen molar-refractivity contribution in [3.63, 3.8) is 0 Å². The van der Waals surface area contributed by atoms with Crippen LogP contribution in [-0.4, -0.2) is 41.5 Å². The monoisotopic (exact) mass is 393 g/mol. The van der Waals surface area contributed by atoms with Crippen LogP contribution in [0.15, 0.2) is 17.7 Å². The summed E-state index contributed by atoms with van der Waals surface area (Å²) >= 11 is 0. The number of carbonyl (C=O) groups excluding carboxylic acids is 1. The Hall–Kier alpha value is -2.13. The maximum Gasteiger partial charge on any atom is 0.492 e. The van der Waals surface area contributed by atoms with Gasteiger partial charge in [0.05, 0.1) is 16.9 Å². The molecule has 0 aromatic carbocycles. The van der Waals surface area contributed by atoms with Crippen molar-refractivity contribution in [1.82, 2.24) is 10.3 Å². The lowest BCUT2D eigenvalue weighted by Crippen LogP contribution is -2.41. The molecule has 0 radical (unpaired) electrons. The van der Waals surface area contributed by atoms with Crippen molar-refractivity contribution < 1.29 is 23.2 Å². The van der Waals surface area contributed by atoms with Crippen molar-refractivity contribution in [2.45, 2.75) is 65.3 Å². The zero-order valence-electron chi connectivity index (χ0n) is 17.6. The average molecular weight is 393 g/mol. The summed E-state index contributed by atoms with van der Waals surface area (Å²) in [5.41, 5.74) is 5.00. The quantitative estimate of drug-likeness (QED) is 0.602. The number of nitrogens with two attached hydrogens (primary N) is 1. The summed E-state index contributed by atoms with van der Waals surface area (Å²) in [5.74, 6) is -0.735. The molecule has 1 aromatic rings. The number of hydrogen-bond acceptors (Lipinski definition) is 6. The molecule has 0 spiro atoms. The summed E-state index contributed by atoms with van der Waals surface area (Å²) in [6.07, 6.45) is 2.50. The molecule has 1 aliphatic rings. The summed E-state index contributed by atoms with van der Waals surface area (Å²) in [5, 5.41) is 2.70. The number of nitrogen functional groups attached to an aromatic ring is 1. The number of aromatic nitrogens is 1. The van der Waals surface area contributed by atoms with E-state index in [0.29, 0.717) is 11.0 Å². The van der Waals surface area contributed by atoms with Gasteiger partial charge in [0.2, 0.25) is 5.95 Å². The Morgan fingerprint density at radius 1 is 1.32 bits per heavy atom. The van der Waals surface area contributed by atoms with Gasteiger partial charge >= 0.3 is 13.2 Å². The van der Waals surface area contributed by atoms with Gasteiger partial charge in [0, 0.05) is 12.7 Å². The molecule has 9 heteroatoms. The molecule has 0 aliphatic carbocycles. The molecule has 2 heterocycles. The Morgan fingerprint density at radius 3 is 2.39 bits per heavy atom. The highest BCUT2D eigenvalue weighted by atomic mass is 19.1. The highest BCUT2D eigenvalue weighted by molar-refractivity contribution is 6.56. The first-order valence-electron chi connectivity index (χ1n) is 9.14. The molecule has 1 saturated heterocycles. The zero-order chi connectivity index (χ0) is 21.3. The maximum atomic E-state index is 13.4. The van der Waals surface area contributed by atoms with Crippen molar-refractivity contribution >= 4 is 25.0 Å². The molecule has 7 nitrogen and oxygen atoms in total. The first-order chi connectivity index (χ1) is 12.7. The Kier molecular flexibility index (Phi) is 6.11. The van der Waals surface area contributed by atoms with Gasteiger partial charge in [-0.2, -0.15) is 4.39 Å². The lowest BCUT2D eigenvalue weighted by atomic mass is 9.77. The number of pyridine rings is 1. The number of nitrogens with zero attached hydrogens (tertiary/aromatic N) is 1. The molecule has 1 fully saturated rings. The topological polar surface area (TPSA) is 95.7 Å². The largest absolute Gasteiger partial charge is 0.492 e. The van der Waals surface area contributed by atoms with E-state index in [1.54, 1.807) is 26.8 Å². The number of halogens is 1. The van der Waals surface area contributed by atoms with Gasteiger partial charge in [-0.05, 0) is 65.6 Å². The van der Waals surface area contributed by atoms with Crippen molar-refractivity contribution in [2.24, 2.45) is 0 Å². The minimum atomic E-state index is -0.735. The predicted octanol–water partition coefficient (Wildman–Crippen LogP) is 3.34. The van der Waals surface area contributed by atoms with Crippen molar-refractivity contribution in [3.05, 3.63) is 29.2 Å². The molecule has 1 aromatic heterocycles. The van der Waals surface area contributed by atoms with Gasteiger partial charge in [-0.25, -0.2) is 9.78 Å². The number of alkyl carbamates (subject to hydrolysis) is 1. The minimum Gasteiger partial charge on any atom is -0.444 e. The number of carbonyl (C=O) groups is 1. The molecule has 0 saturated carbocycles. The van der Waals surface area contributed by atoms with E-state index in [2.05, 4.69) is 10.3 Å². The van der Waals surface area contributed by atoms with Crippen LogP contribution >= 0.6 is 0 Å². The van der Waals surface area contributed by atoms with Gasteiger partial charge in [-0.15, -0.1) is 0 Å². The van der Waals surface area contributed by atoms with Crippen LogP contribution in [0.25, 0.3) is 6.08 Å². The van der Waals surface area contributed by atoms with Gasteiger partial charge in [-0.1, -0.05) is 6.08 Å². The van der Waals surface area contributed by atoms with Crippen LogP contribution < -0.4 is 11.1 Å². The normalized spacial score (nSPS) is 18.9. The van der Waals surface area contributed by atoms with Crippen molar-refractivity contribution in [2.75, 3.05) is 12.3 Å². The molecule has 3 N–H and O–H groups in total. The van der Waals surface area contributed by atoms with Gasteiger partial charge in [0.25, 0.3) is 0 Å². The van der Waals surface area contributed by atoms with Crippen LogP contribution in [0, 0.1) is 5.95 Å². The molecule has 0 bridgehead atoms. The summed E-state index contributed by atoms with van der Waals surface area (Å²) in [6, 6.07) is 1.46. The summed E-state index contributed by atoms with van der Waals surface area (Å²) in [7, 11) is -0.703. The molecule has 154 valence electrons. The molecule has 28 heavy (non-hydrogen) atoms. The molecule has 1 aliphatic heterocycles.